The number of hydrogen-bond acceptors (Lipinski definition) is 5. The molecule has 158 valence electrons. The first-order valence-electron chi connectivity index (χ1n) is 9.68. The van der Waals surface area contributed by atoms with E-state index < -0.39 is 0 Å². The van der Waals surface area contributed by atoms with Crippen LogP contribution in [0.5, 0.6) is 5.75 Å². The number of hydrogen-bond donors (Lipinski definition) is 3. The molecule has 0 unspecified atom stereocenters. The van der Waals surface area contributed by atoms with E-state index in [1.165, 1.54) is 0 Å². The fraction of sp³-hybridized carbons (Fsp3) is 0.273. The predicted molar refractivity (Wildman–Crippen MR) is 117 cm³/mol. The second kappa shape index (κ2) is 11.4. The Hall–Kier alpha value is -3.68. The molecule has 0 aliphatic carbocycles. The van der Waals surface area contributed by atoms with Gasteiger partial charge in [-0.2, -0.15) is 0 Å². The number of ether oxygens (including phenoxy) is 1. The molecule has 1 aliphatic rings. The maximum atomic E-state index is 12.3. The maximum Gasteiger partial charge on any atom is 0.262 e. The summed E-state index contributed by atoms with van der Waals surface area (Å²) in [6, 6.07) is 12.3. The first-order chi connectivity index (χ1) is 14.6. The minimum Gasteiger partial charge on any atom is -0.482 e. The summed E-state index contributed by atoms with van der Waals surface area (Å²) in [5, 5.41) is 8.56. The molecule has 1 heterocycles. The first kappa shape index (κ1) is 22.6. The second-order valence-electron chi connectivity index (χ2n) is 6.12. The molecule has 0 saturated carbocycles. The van der Waals surface area contributed by atoms with Crippen molar-refractivity contribution in [1.82, 2.24) is 5.32 Å². The second-order valence-corrected chi connectivity index (χ2v) is 6.12. The first-order valence-corrected chi connectivity index (χ1v) is 9.68. The smallest absolute Gasteiger partial charge is 0.262 e. The molecule has 8 nitrogen and oxygen atoms in total. The molecule has 0 radical (unpaired) electrons. The SMILES string of the molecule is CC.CN=C(CC(=O)NCc1ccc2c(c1)NC(=O)CO2)Nc1ccccc1C=O. The van der Waals surface area contributed by atoms with Gasteiger partial charge in [0.1, 0.15) is 11.6 Å². The van der Waals surface area contributed by atoms with Crippen molar-refractivity contribution in [3.63, 3.8) is 0 Å². The third-order valence-corrected chi connectivity index (χ3v) is 4.13. The van der Waals surface area contributed by atoms with Crippen LogP contribution in [0.4, 0.5) is 11.4 Å². The highest BCUT2D eigenvalue weighted by Gasteiger charge is 2.16. The number of nitrogens with one attached hydrogen (secondary N) is 3. The predicted octanol–water partition coefficient (Wildman–Crippen LogP) is 3.00. The van der Waals surface area contributed by atoms with Gasteiger partial charge in [0.05, 0.1) is 12.1 Å². The monoisotopic (exact) mass is 410 g/mol. The molecule has 3 N–H and O–H groups in total. The molecule has 2 aromatic rings. The summed E-state index contributed by atoms with van der Waals surface area (Å²) in [5.74, 6) is 0.611. The topological polar surface area (TPSA) is 109 Å². The molecule has 1 aliphatic heterocycles. The van der Waals surface area contributed by atoms with E-state index in [0.29, 0.717) is 35.1 Å². The number of aliphatic imine (C=N–C) groups is 1. The molecule has 30 heavy (non-hydrogen) atoms. The highest BCUT2D eigenvalue weighted by molar-refractivity contribution is 6.08. The van der Waals surface area contributed by atoms with Crippen molar-refractivity contribution in [1.29, 1.82) is 0 Å². The van der Waals surface area contributed by atoms with E-state index in [-0.39, 0.29) is 24.8 Å². The Morgan fingerprint density at radius 1 is 1.23 bits per heavy atom. The molecule has 0 aromatic heterocycles. The van der Waals surface area contributed by atoms with Gasteiger partial charge in [-0.1, -0.05) is 32.0 Å². The summed E-state index contributed by atoms with van der Waals surface area (Å²) in [5.41, 5.74) is 2.50. The van der Waals surface area contributed by atoms with Gasteiger partial charge >= 0.3 is 0 Å². The number of carbonyl (C=O) groups excluding carboxylic acids is 3. The van der Waals surface area contributed by atoms with Crippen molar-refractivity contribution >= 4 is 35.3 Å². The number of aldehydes is 1. The van der Waals surface area contributed by atoms with Gasteiger partial charge in [0.2, 0.25) is 5.91 Å². The number of benzene rings is 2. The van der Waals surface area contributed by atoms with Crippen molar-refractivity contribution < 1.29 is 19.1 Å². The van der Waals surface area contributed by atoms with Crippen LogP contribution in [0.1, 0.15) is 36.2 Å². The van der Waals surface area contributed by atoms with Gasteiger partial charge in [-0.05, 0) is 29.8 Å². The Bertz CT molecular complexity index is 940. The zero-order valence-electron chi connectivity index (χ0n) is 17.3. The maximum absolute atomic E-state index is 12.3. The number of amides is 2. The lowest BCUT2D eigenvalue weighted by Gasteiger charge is -2.18. The van der Waals surface area contributed by atoms with E-state index in [9.17, 15) is 14.4 Å². The third kappa shape index (κ3) is 6.16. The van der Waals surface area contributed by atoms with Gasteiger partial charge in [-0.3, -0.25) is 19.4 Å². The molecule has 0 saturated heterocycles. The van der Waals surface area contributed by atoms with Crippen molar-refractivity contribution in [2.45, 2.75) is 26.8 Å². The van der Waals surface area contributed by atoms with Crippen LogP contribution in [-0.4, -0.2) is 37.6 Å². The van der Waals surface area contributed by atoms with Gasteiger partial charge < -0.3 is 20.7 Å². The molecule has 2 aromatic carbocycles. The number of fused-ring (bicyclic) bond motifs is 1. The zero-order chi connectivity index (χ0) is 21.9. The van der Waals surface area contributed by atoms with Gasteiger partial charge in [0, 0.05) is 24.8 Å². The van der Waals surface area contributed by atoms with E-state index in [4.69, 9.17) is 4.74 Å². The van der Waals surface area contributed by atoms with Gasteiger partial charge in [0.15, 0.2) is 12.9 Å². The summed E-state index contributed by atoms with van der Waals surface area (Å²) < 4.78 is 5.31. The molecular formula is C22H26N4O4. The van der Waals surface area contributed by atoms with E-state index in [1.54, 1.807) is 43.4 Å². The van der Waals surface area contributed by atoms with Crippen LogP contribution in [0, 0.1) is 0 Å². The zero-order valence-corrected chi connectivity index (χ0v) is 17.3. The minimum atomic E-state index is -0.227. The summed E-state index contributed by atoms with van der Waals surface area (Å²) in [6.07, 6.45) is 0.781. The molecular weight excluding hydrogens is 384 g/mol. The molecule has 0 bridgehead atoms. The molecule has 3 rings (SSSR count). The molecule has 0 atom stereocenters. The molecule has 0 spiro atoms. The van der Waals surface area contributed by atoms with E-state index in [0.717, 1.165) is 11.8 Å². The van der Waals surface area contributed by atoms with Crippen LogP contribution in [0.15, 0.2) is 47.5 Å². The molecule has 0 fully saturated rings. The minimum absolute atomic E-state index is 0.00242. The quantitative estimate of drug-likeness (QED) is 0.385. The Morgan fingerprint density at radius 2 is 2.00 bits per heavy atom. The highest BCUT2D eigenvalue weighted by atomic mass is 16.5. The van der Waals surface area contributed by atoms with Crippen LogP contribution < -0.4 is 20.7 Å². The lowest BCUT2D eigenvalue weighted by atomic mass is 10.1. The van der Waals surface area contributed by atoms with Crippen molar-refractivity contribution in [3.8, 4) is 5.75 Å². The third-order valence-electron chi connectivity index (χ3n) is 4.13. The molecule has 8 heteroatoms. The van der Waals surface area contributed by atoms with E-state index in [1.807, 2.05) is 19.9 Å². The average Bonchev–Trinajstić information content (AvgIpc) is 2.78. The summed E-state index contributed by atoms with van der Waals surface area (Å²) in [7, 11) is 1.57. The van der Waals surface area contributed by atoms with Crippen molar-refractivity contribution in [2.24, 2.45) is 4.99 Å². The van der Waals surface area contributed by atoms with Crippen LogP contribution in [0.25, 0.3) is 0 Å². The van der Waals surface area contributed by atoms with Gasteiger partial charge in [-0.15, -0.1) is 0 Å². The fourth-order valence-electron chi connectivity index (χ4n) is 2.70. The van der Waals surface area contributed by atoms with Gasteiger partial charge in [-0.25, -0.2) is 0 Å². The van der Waals surface area contributed by atoms with Crippen molar-refractivity contribution in [3.05, 3.63) is 53.6 Å². The van der Waals surface area contributed by atoms with E-state index in [2.05, 4.69) is 20.9 Å². The van der Waals surface area contributed by atoms with Crippen LogP contribution >= 0.6 is 0 Å². The number of carbonyl (C=O) groups is 3. The molecule has 2 amide bonds. The van der Waals surface area contributed by atoms with E-state index >= 15 is 0 Å². The number of rotatable bonds is 6. The summed E-state index contributed by atoms with van der Waals surface area (Å²) in [4.78, 5) is 38.9. The van der Waals surface area contributed by atoms with Crippen molar-refractivity contribution in [2.75, 3.05) is 24.3 Å². The number of nitrogens with zero attached hydrogens (tertiary/aromatic N) is 1. The number of anilines is 2. The highest BCUT2D eigenvalue weighted by Crippen LogP contribution is 2.28. The summed E-state index contributed by atoms with van der Waals surface area (Å²) >= 11 is 0. The lowest BCUT2D eigenvalue weighted by Crippen LogP contribution is -2.28. The largest absolute Gasteiger partial charge is 0.482 e. The fourth-order valence-corrected chi connectivity index (χ4v) is 2.70. The van der Waals surface area contributed by atoms with Crippen LogP contribution in [-0.2, 0) is 16.1 Å². The normalized spacial score (nSPS) is 12.4. The Labute approximate surface area is 175 Å². The number of para-hydroxylation sites is 1. The Morgan fingerprint density at radius 3 is 2.73 bits per heavy atom. The Balaban J connectivity index is 0.00000155. The Kier molecular flexibility index (Phi) is 8.56. The van der Waals surface area contributed by atoms with Crippen LogP contribution in [0.2, 0.25) is 0 Å². The lowest BCUT2D eigenvalue weighted by molar-refractivity contribution is -0.120. The average molecular weight is 410 g/mol. The number of amidine groups is 1. The van der Waals surface area contributed by atoms with Crippen LogP contribution in [0.3, 0.4) is 0 Å². The standard InChI is InChI=1S/C20H20N4O4.C2H6/c1-21-18(23-15-5-3-2-4-14(15)11-25)9-19(26)22-10-13-6-7-17-16(8-13)24-20(27)12-28-17;1-2/h2-8,11H,9-10,12H2,1H3,(H,21,23)(H,22,26)(H,24,27);1-2H3. The van der Waals surface area contributed by atoms with Gasteiger partial charge in [0.25, 0.3) is 5.91 Å². The summed E-state index contributed by atoms with van der Waals surface area (Å²) in [6.45, 7) is 4.30.